The van der Waals surface area contributed by atoms with Gasteiger partial charge in [0.1, 0.15) is 33.5 Å². The zero-order valence-corrected chi connectivity index (χ0v) is 18.9. The first kappa shape index (κ1) is 25.5. The van der Waals surface area contributed by atoms with E-state index in [-0.39, 0.29) is 17.1 Å². The average molecular weight is 533 g/mol. The van der Waals surface area contributed by atoms with E-state index in [1.807, 2.05) is 0 Å². The van der Waals surface area contributed by atoms with Crippen LogP contribution >= 0.6 is 21.9 Å². The Morgan fingerprint density at radius 3 is 2.53 bits per heavy atom. The second kappa shape index (κ2) is 8.92. The average Bonchev–Trinajstić information content (AvgIpc) is 3.12. The van der Waals surface area contributed by atoms with Gasteiger partial charge in [-0.3, -0.25) is 14.3 Å². The van der Waals surface area contributed by atoms with Gasteiger partial charge in [-0.05, 0) is 0 Å². The summed E-state index contributed by atoms with van der Waals surface area (Å²) in [5.74, 6) is -2.11. The van der Waals surface area contributed by atoms with Gasteiger partial charge in [-0.1, -0.05) is 6.72 Å². The molecule has 180 valence electrons. The number of hydrogen-bond acceptors (Lipinski definition) is 16. The highest BCUT2D eigenvalue weighted by molar-refractivity contribution is 8.07. The molecule has 1 aliphatic rings. The fourth-order valence-electron chi connectivity index (χ4n) is 2.84. The number of fused-ring (bicyclic) bond motifs is 1. The van der Waals surface area contributed by atoms with Crippen LogP contribution in [-0.2, 0) is 34.5 Å². The smallest absolute Gasteiger partial charge is 0.280 e. The van der Waals surface area contributed by atoms with Crippen LogP contribution in [0.25, 0.3) is 11.2 Å². The van der Waals surface area contributed by atoms with Crippen LogP contribution in [0.5, 0.6) is 0 Å². The van der Waals surface area contributed by atoms with Gasteiger partial charge in [0, 0.05) is 0 Å². The number of H-pyrrole nitrogens is 1. The van der Waals surface area contributed by atoms with E-state index in [0.717, 1.165) is 10.9 Å². The molecule has 2 aromatic rings. The molecular formula is C11H14N5O12P3S-4. The summed E-state index contributed by atoms with van der Waals surface area (Å²) >= 11 is 3.75. The van der Waals surface area contributed by atoms with Crippen LogP contribution in [0, 0.1) is 0 Å². The highest BCUT2D eigenvalue weighted by Gasteiger charge is 2.45. The molecule has 0 aromatic carbocycles. The van der Waals surface area contributed by atoms with Crippen molar-refractivity contribution in [2.24, 2.45) is 0 Å². The van der Waals surface area contributed by atoms with E-state index in [1.165, 1.54) is 0 Å². The van der Waals surface area contributed by atoms with Gasteiger partial charge in [0.25, 0.3) is 5.56 Å². The van der Waals surface area contributed by atoms with Crippen molar-refractivity contribution >= 4 is 50.8 Å². The number of anilines is 1. The Morgan fingerprint density at radius 1 is 1.25 bits per heavy atom. The first-order valence-corrected chi connectivity index (χ1v) is 14.3. The predicted octanol–water partition coefficient (Wildman–Crippen LogP) is -4.64. The van der Waals surface area contributed by atoms with Crippen molar-refractivity contribution in [3.05, 3.63) is 16.7 Å². The lowest BCUT2D eigenvalue weighted by Crippen LogP contribution is -2.34. The third-order valence-corrected chi connectivity index (χ3v) is 9.78. The topological polar surface area (TPSA) is 284 Å². The standard InChI is InChI=1S/C11H18N5O12P3S/c12-11-14-8-5(9(19)15-11)13-2-16(8)10-7(18)6(17)4(27-10)1-26-29(20,21)3-30(22,23)28-31(24,25)32/h2,4,6-7,10,17-18H,1,3H2,(H,20,21)(H,22,23)(H2,24,25,32)(H3,12,14,15,19)/p-4. The minimum Gasteiger partial charge on any atom is -0.812 e. The molecule has 6 atom stereocenters. The molecule has 0 aliphatic carbocycles. The van der Waals surface area contributed by atoms with E-state index in [0.29, 0.717) is 0 Å². The predicted molar refractivity (Wildman–Crippen MR) is 99.9 cm³/mol. The van der Waals surface area contributed by atoms with Crippen LogP contribution in [0.4, 0.5) is 5.95 Å². The molecule has 17 nitrogen and oxygen atoms in total. The van der Waals surface area contributed by atoms with E-state index < -0.39 is 64.5 Å². The zero-order chi connectivity index (χ0) is 24.1. The summed E-state index contributed by atoms with van der Waals surface area (Å²) in [5, 5.41) is 20.4. The maximum atomic E-state index is 11.9. The Hall–Kier alpha value is -1.10. The number of aromatic nitrogens is 4. The van der Waals surface area contributed by atoms with E-state index in [2.05, 4.69) is 35.6 Å². The number of ether oxygens (including phenoxy) is 1. The highest BCUT2D eigenvalue weighted by atomic mass is 32.5. The largest absolute Gasteiger partial charge is 0.812 e. The Balaban J connectivity index is 1.72. The van der Waals surface area contributed by atoms with Gasteiger partial charge in [0.15, 0.2) is 17.4 Å². The maximum absolute atomic E-state index is 11.9. The first-order valence-electron chi connectivity index (χ1n) is 8.30. The minimum absolute atomic E-state index is 0.103. The molecule has 0 radical (unpaired) electrons. The molecule has 0 saturated carbocycles. The van der Waals surface area contributed by atoms with Crippen LogP contribution < -0.4 is 30.9 Å². The molecule has 1 aliphatic heterocycles. The van der Waals surface area contributed by atoms with E-state index in [1.54, 1.807) is 0 Å². The summed E-state index contributed by atoms with van der Waals surface area (Å²) in [6.45, 7) is -6.16. The molecule has 3 rings (SSSR count). The summed E-state index contributed by atoms with van der Waals surface area (Å²) in [6, 6.07) is 0. The van der Waals surface area contributed by atoms with Crippen molar-refractivity contribution in [3.8, 4) is 0 Å². The fourth-order valence-corrected chi connectivity index (χ4v) is 8.05. The number of nitrogen functional groups attached to an aromatic ring is 1. The van der Waals surface area contributed by atoms with Gasteiger partial charge in [-0.2, -0.15) is 4.98 Å². The van der Waals surface area contributed by atoms with Crippen LogP contribution in [-0.4, -0.2) is 60.6 Å². The molecule has 1 fully saturated rings. The highest BCUT2D eigenvalue weighted by Crippen LogP contribution is 2.58. The molecule has 0 spiro atoms. The third-order valence-electron chi connectivity index (χ3n) is 4.07. The molecule has 2 aromatic heterocycles. The summed E-state index contributed by atoms with van der Waals surface area (Å²) in [5.41, 5.74) is 4.53. The normalized spacial score (nSPS) is 27.9. The van der Waals surface area contributed by atoms with Gasteiger partial charge in [0.05, 0.1) is 18.8 Å². The second-order valence-corrected chi connectivity index (χ2v) is 13.2. The minimum atomic E-state index is -5.46. The molecule has 5 N–H and O–H groups in total. The molecular weight excluding hydrogens is 519 g/mol. The molecule has 0 bridgehead atoms. The SMILES string of the molecule is Nc1nc2c(ncn2C2OC(COP(=O)([O-])CP(=O)([O-])OP([O-])([O-])=S)C(O)C2O)c(=O)[nH]1. The quantitative estimate of drug-likeness (QED) is 0.232. The number of aliphatic hydroxyl groups is 2. The van der Waals surface area contributed by atoms with E-state index in [9.17, 15) is 43.7 Å². The van der Waals surface area contributed by atoms with Crippen LogP contribution in [0.3, 0.4) is 0 Å². The van der Waals surface area contributed by atoms with Gasteiger partial charge in [-0.15, -0.1) is 11.8 Å². The summed E-state index contributed by atoms with van der Waals surface area (Å²) in [7, 11) is -10.7. The van der Waals surface area contributed by atoms with Crippen molar-refractivity contribution in [1.29, 1.82) is 0 Å². The van der Waals surface area contributed by atoms with Crippen molar-refractivity contribution in [2.45, 2.75) is 24.5 Å². The molecule has 0 amide bonds. The Morgan fingerprint density at radius 2 is 1.91 bits per heavy atom. The lowest BCUT2D eigenvalue weighted by atomic mass is 10.1. The lowest BCUT2D eigenvalue weighted by molar-refractivity contribution is -0.317. The van der Waals surface area contributed by atoms with Crippen molar-refractivity contribution in [1.82, 2.24) is 19.5 Å². The van der Waals surface area contributed by atoms with Crippen LogP contribution in [0.15, 0.2) is 11.1 Å². The summed E-state index contributed by atoms with van der Waals surface area (Å²) < 4.78 is 37.9. The van der Waals surface area contributed by atoms with Crippen LogP contribution in [0.1, 0.15) is 6.23 Å². The monoisotopic (exact) mass is 533 g/mol. The van der Waals surface area contributed by atoms with Crippen molar-refractivity contribution in [3.63, 3.8) is 0 Å². The third kappa shape index (κ3) is 5.87. The number of nitrogens with zero attached hydrogens (tertiary/aromatic N) is 3. The van der Waals surface area contributed by atoms with Crippen LogP contribution in [0.2, 0.25) is 0 Å². The summed E-state index contributed by atoms with van der Waals surface area (Å²) in [6.07, 6.45) is -5.22. The molecule has 3 heterocycles. The Bertz CT molecular complexity index is 1210. The van der Waals surface area contributed by atoms with E-state index >= 15 is 0 Å². The number of rotatable bonds is 8. The number of aliphatic hydroxyl groups excluding tert-OH is 2. The maximum Gasteiger partial charge on any atom is 0.280 e. The van der Waals surface area contributed by atoms with Crippen molar-refractivity contribution < 1.29 is 52.5 Å². The Labute approximate surface area is 182 Å². The fraction of sp³-hybridized carbons (Fsp3) is 0.545. The van der Waals surface area contributed by atoms with Crippen molar-refractivity contribution in [2.75, 3.05) is 18.2 Å². The van der Waals surface area contributed by atoms with Gasteiger partial charge < -0.3 is 58.2 Å². The van der Waals surface area contributed by atoms with Gasteiger partial charge in [0.2, 0.25) is 5.95 Å². The Kier molecular flexibility index (Phi) is 7.12. The van der Waals surface area contributed by atoms with Gasteiger partial charge in [-0.25, -0.2) is 4.98 Å². The number of aromatic amines is 1. The molecule has 32 heavy (non-hydrogen) atoms. The zero-order valence-electron chi connectivity index (χ0n) is 15.4. The second-order valence-electron chi connectivity index (χ2n) is 6.51. The lowest BCUT2D eigenvalue weighted by Gasteiger charge is -2.41. The number of nitrogens with two attached hydrogens (primary N) is 1. The van der Waals surface area contributed by atoms with Gasteiger partial charge >= 0.3 is 0 Å². The molecule has 1 saturated heterocycles. The molecule has 21 heteroatoms. The first-order chi connectivity index (χ1) is 14.6. The summed E-state index contributed by atoms with van der Waals surface area (Å²) in [4.78, 5) is 66.6. The molecule has 6 unspecified atom stereocenters. The number of nitrogens with one attached hydrogen (secondary N) is 1. The number of imidazole rings is 1. The number of hydrogen-bond donors (Lipinski definition) is 4. The van der Waals surface area contributed by atoms with E-state index in [4.69, 9.17) is 10.5 Å².